The van der Waals surface area contributed by atoms with Crippen LogP contribution in [0.5, 0.6) is 0 Å². The van der Waals surface area contributed by atoms with Crippen LogP contribution in [0, 0.1) is 0 Å². The maximum Gasteiger partial charge on any atom is 0.162 e. The number of H-pyrrole nitrogens is 1. The number of carbonyl (C=O) groups is 1. The van der Waals surface area contributed by atoms with Crippen LogP contribution < -0.4 is 0 Å². The second kappa shape index (κ2) is 4.90. The molecule has 0 amide bonds. The first-order valence-corrected chi connectivity index (χ1v) is 6.77. The summed E-state index contributed by atoms with van der Waals surface area (Å²) in [5, 5.41) is 2.88. The normalized spacial score (nSPS) is 10.8. The highest BCUT2D eigenvalue weighted by molar-refractivity contribution is 7.99. The van der Waals surface area contributed by atoms with Gasteiger partial charge in [-0.25, -0.2) is 4.98 Å². The van der Waals surface area contributed by atoms with Crippen molar-refractivity contribution in [2.75, 3.05) is 0 Å². The molecule has 0 aliphatic heterocycles. The summed E-state index contributed by atoms with van der Waals surface area (Å²) < 4.78 is 0. The van der Waals surface area contributed by atoms with E-state index in [2.05, 4.69) is 22.1 Å². The van der Waals surface area contributed by atoms with Crippen molar-refractivity contribution in [2.24, 2.45) is 0 Å². The lowest BCUT2D eigenvalue weighted by molar-refractivity contribution is 0.101. The van der Waals surface area contributed by atoms with E-state index in [0.29, 0.717) is 5.56 Å². The summed E-state index contributed by atoms with van der Waals surface area (Å²) in [4.78, 5) is 19.2. The third-order valence-electron chi connectivity index (χ3n) is 2.86. The Morgan fingerprint density at radius 2 is 2.05 bits per heavy atom. The number of rotatable bonds is 3. The molecule has 0 aliphatic carbocycles. The molecular weight excluding hydrogens is 256 g/mol. The van der Waals surface area contributed by atoms with Gasteiger partial charge < -0.3 is 4.98 Å². The first-order chi connectivity index (χ1) is 9.24. The van der Waals surface area contributed by atoms with Gasteiger partial charge in [0.15, 0.2) is 5.78 Å². The summed E-state index contributed by atoms with van der Waals surface area (Å²) in [5.74, 6) is 0.0340. The molecule has 0 unspecified atom stereocenters. The number of ketones is 1. The lowest BCUT2D eigenvalue weighted by Gasteiger charge is -2.02. The van der Waals surface area contributed by atoms with Crippen LogP contribution >= 0.6 is 11.8 Å². The molecule has 3 aromatic rings. The first kappa shape index (κ1) is 12.0. The summed E-state index contributed by atoms with van der Waals surface area (Å²) in [7, 11) is 0. The van der Waals surface area contributed by atoms with E-state index < -0.39 is 0 Å². The van der Waals surface area contributed by atoms with Gasteiger partial charge in [-0.2, -0.15) is 0 Å². The molecule has 19 heavy (non-hydrogen) atoms. The molecule has 94 valence electrons. The van der Waals surface area contributed by atoms with Crippen LogP contribution in [0.4, 0.5) is 0 Å². The van der Waals surface area contributed by atoms with E-state index in [1.807, 2.05) is 18.2 Å². The monoisotopic (exact) mass is 268 g/mol. The topological polar surface area (TPSA) is 45.8 Å². The van der Waals surface area contributed by atoms with E-state index in [4.69, 9.17) is 0 Å². The number of para-hydroxylation sites is 1. The van der Waals surface area contributed by atoms with Gasteiger partial charge in [0.2, 0.25) is 0 Å². The Morgan fingerprint density at radius 1 is 1.21 bits per heavy atom. The summed E-state index contributed by atoms with van der Waals surface area (Å²) >= 11 is 1.48. The van der Waals surface area contributed by atoms with Crippen molar-refractivity contribution in [1.82, 2.24) is 9.97 Å². The quantitative estimate of drug-likeness (QED) is 0.732. The van der Waals surface area contributed by atoms with Crippen molar-refractivity contribution >= 4 is 28.4 Å². The molecule has 0 fully saturated rings. The van der Waals surface area contributed by atoms with Gasteiger partial charge in [0.25, 0.3) is 0 Å². The molecule has 2 aromatic heterocycles. The Balaban J connectivity index is 1.99. The number of pyridine rings is 1. The summed E-state index contributed by atoms with van der Waals surface area (Å²) in [6, 6.07) is 13.7. The molecule has 3 nitrogen and oxygen atoms in total. The highest BCUT2D eigenvalue weighted by Gasteiger charge is 2.10. The number of hydrogen-bond donors (Lipinski definition) is 1. The maximum absolute atomic E-state index is 11.6. The minimum absolute atomic E-state index is 0.0340. The Labute approximate surface area is 115 Å². The van der Waals surface area contributed by atoms with Crippen LogP contribution in [0.3, 0.4) is 0 Å². The third kappa shape index (κ3) is 2.39. The minimum atomic E-state index is 0.0340. The number of fused-ring (bicyclic) bond motifs is 1. The summed E-state index contributed by atoms with van der Waals surface area (Å²) in [6.45, 7) is 1.56. The fourth-order valence-corrected chi connectivity index (χ4v) is 2.94. The highest BCUT2D eigenvalue weighted by atomic mass is 32.2. The van der Waals surface area contributed by atoms with Crippen molar-refractivity contribution in [3.8, 4) is 0 Å². The summed E-state index contributed by atoms with van der Waals surface area (Å²) in [5.41, 5.74) is 1.75. The van der Waals surface area contributed by atoms with Crippen molar-refractivity contribution in [3.05, 3.63) is 54.2 Å². The van der Waals surface area contributed by atoms with E-state index in [1.165, 1.54) is 11.8 Å². The van der Waals surface area contributed by atoms with Crippen molar-refractivity contribution in [2.45, 2.75) is 17.0 Å². The van der Waals surface area contributed by atoms with Gasteiger partial charge >= 0.3 is 0 Å². The van der Waals surface area contributed by atoms with Gasteiger partial charge in [-0.3, -0.25) is 4.79 Å². The zero-order valence-electron chi connectivity index (χ0n) is 10.4. The van der Waals surface area contributed by atoms with Crippen molar-refractivity contribution in [3.63, 3.8) is 0 Å². The van der Waals surface area contributed by atoms with Gasteiger partial charge in [0.05, 0.1) is 5.03 Å². The molecule has 2 heterocycles. The highest BCUT2D eigenvalue weighted by Crippen LogP contribution is 2.30. The van der Waals surface area contributed by atoms with Crippen LogP contribution in [-0.2, 0) is 0 Å². The molecule has 0 radical (unpaired) electrons. The number of aromatic amines is 1. The maximum atomic E-state index is 11.6. The smallest absolute Gasteiger partial charge is 0.162 e. The zero-order chi connectivity index (χ0) is 13.2. The number of benzene rings is 1. The molecule has 0 aliphatic rings. The molecular formula is C15H12N2OS. The van der Waals surface area contributed by atoms with E-state index in [-0.39, 0.29) is 5.78 Å². The van der Waals surface area contributed by atoms with Crippen LogP contribution in [-0.4, -0.2) is 15.8 Å². The number of aromatic nitrogens is 2. The lowest BCUT2D eigenvalue weighted by Crippen LogP contribution is -1.96. The predicted molar refractivity (Wildman–Crippen MR) is 76.7 cm³/mol. The van der Waals surface area contributed by atoms with E-state index in [0.717, 1.165) is 21.0 Å². The van der Waals surface area contributed by atoms with Gasteiger partial charge in [0.1, 0.15) is 5.03 Å². The standard InChI is InChI=1S/C15H12N2OS/c1-10(18)12-6-4-8-16-15(12)19-14-9-11-5-2-3-7-13(11)17-14/h2-9,17H,1H3. The van der Waals surface area contributed by atoms with Gasteiger partial charge in [-0.1, -0.05) is 30.0 Å². The van der Waals surface area contributed by atoms with E-state index >= 15 is 0 Å². The minimum Gasteiger partial charge on any atom is -0.349 e. The van der Waals surface area contributed by atoms with Crippen LogP contribution in [0.15, 0.2) is 58.7 Å². The van der Waals surface area contributed by atoms with Crippen molar-refractivity contribution < 1.29 is 4.79 Å². The number of hydrogen-bond acceptors (Lipinski definition) is 3. The van der Waals surface area contributed by atoms with E-state index in [1.54, 1.807) is 25.3 Å². The fraction of sp³-hybridized carbons (Fsp3) is 0.0667. The second-order valence-electron chi connectivity index (χ2n) is 4.24. The van der Waals surface area contributed by atoms with Crippen molar-refractivity contribution in [1.29, 1.82) is 0 Å². The zero-order valence-corrected chi connectivity index (χ0v) is 11.2. The Morgan fingerprint density at radius 3 is 2.84 bits per heavy atom. The molecule has 0 atom stereocenters. The second-order valence-corrected chi connectivity index (χ2v) is 5.27. The number of nitrogens with one attached hydrogen (secondary N) is 1. The largest absolute Gasteiger partial charge is 0.349 e. The molecule has 0 saturated heterocycles. The molecule has 1 aromatic carbocycles. The molecule has 1 N–H and O–H groups in total. The Bertz CT molecular complexity index is 715. The van der Waals surface area contributed by atoms with Crippen LogP contribution in [0.25, 0.3) is 10.9 Å². The number of carbonyl (C=O) groups excluding carboxylic acids is 1. The lowest BCUT2D eigenvalue weighted by atomic mass is 10.2. The summed E-state index contributed by atoms with van der Waals surface area (Å²) in [6.07, 6.45) is 1.71. The van der Waals surface area contributed by atoms with Gasteiger partial charge in [-0.05, 0) is 31.2 Å². The molecule has 0 saturated carbocycles. The molecule has 4 heteroatoms. The average Bonchev–Trinajstić information content (AvgIpc) is 2.81. The Kier molecular flexibility index (Phi) is 3.09. The molecule has 0 spiro atoms. The van der Waals surface area contributed by atoms with Crippen LogP contribution in [0.1, 0.15) is 17.3 Å². The number of nitrogens with zero attached hydrogens (tertiary/aromatic N) is 1. The molecule has 0 bridgehead atoms. The fourth-order valence-electron chi connectivity index (χ4n) is 1.95. The average molecular weight is 268 g/mol. The first-order valence-electron chi connectivity index (χ1n) is 5.95. The third-order valence-corrected chi connectivity index (χ3v) is 3.82. The number of Topliss-reactive ketones (excluding diaryl/α,β-unsaturated/α-hetero) is 1. The Hall–Kier alpha value is -2.07. The van der Waals surface area contributed by atoms with Gasteiger partial charge in [0, 0.05) is 22.7 Å². The SMILES string of the molecule is CC(=O)c1cccnc1Sc1cc2ccccc2[nH]1. The van der Waals surface area contributed by atoms with E-state index in [9.17, 15) is 4.79 Å². The molecule has 3 rings (SSSR count). The predicted octanol–water partition coefficient (Wildman–Crippen LogP) is 3.92. The van der Waals surface area contributed by atoms with Crippen LogP contribution in [0.2, 0.25) is 0 Å². The van der Waals surface area contributed by atoms with Gasteiger partial charge in [-0.15, -0.1) is 0 Å².